The fourth-order valence-corrected chi connectivity index (χ4v) is 6.37. The third kappa shape index (κ3) is 4.45. The molecule has 1 spiro atoms. The summed E-state index contributed by atoms with van der Waals surface area (Å²) in [4.78, 5) is 31.3. The summed E-state index contributed by atoms with van der Waals surface area (Å²) in [6.45, 7) is 8.26. The summed E-state index contributed by atoms with van der Waals surface area (Å²) in [5.74, 6) is 0.925. The lowest BCUT2D eigenvalue weighted by molar-refractivity contribution is -0.116. The van der Waals surface area contributed by atoms with Gasteiger partial charge < -0.3 is 24.2 Å². The number of methoxy groups -OCH3 is 1. The number of piperidine rings is 2. The monoisotopic (exact) mass is 491 g/mol. The van der Waals surface area contributed by atoms with Gasteiger partial charge in [0.2, 0.25) is 5.91 Å². The fraction of sp³-hybridized carbons (Fsp3) is 0.517. The highest BCUT2D eigenvalue weighted by Gasteiger charge is 2.47. The van der Waals surface area contributed by atoms with Crippen molar-refractivity contribution in [3.8, 4) is 16.9 Å². The molecule has 192 valence electrons. The Labute approximate surface area is 214 Å². The maximum absolute atomic E-state index is 12.8. The second-order valence-electron chi connectivity index (χ2n) is 10.3. The molecule has 0 radical (unpaired) electrons. The lowest BCUT2D eigenvalue weighted by Gasteiger charge is -2.45. The predicted molar refractivity (Wildman–Crippen MR) is 141 cm³/mol. The second-order valence-corrected chi connectivity index (χ2v) is 10.3. The van der Waals surface area contributed by atoms with E-state index < -0.39 is 0 Å². The average Bonchev–Trinajstić information content (AvgIpc) is 3.24. The van der Waals surface area contributed by atoms with Crippen LogP contribution in [0.5, 0.6) is 5.75 Å². The van der Waals surface area contributed by atoms with Gasteiger partial charge in [-0.15, -0.1) is 0 Å². The van der Waals surface area contributed by atoms with Gasteiger partial charge in [-0.2, -0.15) is 0 Å². The first kappa shape index (κ1) is 24.6. The molecule has 2 aromatic carbocycles. The minimum atomic E-state index is -0.187. The van der Waals surface area contributed by atoms with E-state index in [2.05, 4.69) is 35.2 Å². The van der Waals surface area contributed by atoms with E-state index in [0.29, 0.717) is 12.6 Å². The molecule has 0 aromatic heterocycles. The van der Waals surface area contributed by atoms with Gasteiger partial charge in [0.05, 0.1) is 19.4 Å². The normalized spacial score (nSPS) is 19.9. The van der Waals surface area contributed by atoms with Crippen molar-refractivity contribution in [2.45, 2.75) is 51.0 Å². The van der Waals surface area contributed by atoms with Crippen molar-refractivity contribution >= 4 is 17.7 Å². The third-order valence-corrected chi connectivity index (χ3v) is 8.38. The van der Waals surface area contributed by atoms with Crippen molar-refractivity contribution in [1.29, 1.82) is 0 Å². The Hall–Kier alpha value is -3.06. The van der Waals surface area contributed by atoms with E-state index in [4.69, 9.17) is 9.47 Å². The Bertz CT molecular complexity index is 1100. The summed E-state index contributed by atoms with van der Waals surface area (Å²) in [6, 6.07) is 15.1. The number of hydrogen-bond donors (Lipinski definition) is 0. The van der Waals surface area contributed by atoms with E-state index in [9.17, 15) is 9.59 Å². The lowest BCUT2D eigenvalue weighted by atomic mass is 9.73. The first-order chi connectivity index (χ1) is 17.5. The van der Waals surface area contributed by atoms with Crippen LogP contribution in [0.4, 0.5) is 10.5 Å². The third-order valence-electron chi connectivity index (χ3n) is 8.38. The number of nitrogens with zero attached hydrogens (tertiary/aromatic N) is 3. The number of carbonyl (C=O) groups excluding carboxylic acids is 2. The molecule has 36 heavy (non-hydrogen) atoms. The molecule has 2 amide bonds. The molecule has 0 aliphatic carbocycles. The summed E-state index contributed by atoms with van der Waals surface area (Å²) < 4.78 is 10.5. The summed E-state index contributed by atoms with van der Waals surface area (Å²) in [5.41, 5.74) is 4.58. The van der Waals surface area contributed by atoms with Crippen LogP contribution in [0.25, 0.3) is 11.1 Å². The predicted octanol–water partition coefficient (Wildman–Crippen LogP) is 4.68. The van der Waals surface area contributed by atoms with Crippen molar-refractivity contribution in [2.75, 3.05) is 51.3 Å². The summed E-state index contributed by atoms with van der Waals surface area (Å²) in [6.07, 6.45) is 3.86. The standard InChI is InChI=1S/C29H37N3O4/c1-4-36-28(34)31-16-12-23(13-17-31)30-18-14-29(15-19-30)20-32(21(2)33)27-25(6-5-7-26(27)29)22-8-10-24(35-3)11-9-22/h5-11,23H,4,12-20H2,1-3H3. The number of fused-ring (bicyclic) bond motifs is 2. The summed E-state index contributed by atoms with van der Waals surface area (Å²) in [5, 5.41) is 0. The number of amides is 2. The molecule has 3 heterocycles. The zero-order chi connectivity index (χ0) is 25.3. The van der Waals surface area contributed by atoms with Gasteiger partial charge in [-0.25, -0.2) is 4.79 Å². The van der Waals surface area contributed by atoms with Crippen LogP contribution in [0, 0.1) is 0 Å². The zero-order valence-electron chi connectivity index (χ0n) is 21.7. The van der Waals surface area contributed by atoms with Crippen LogP contribution >= 0.6 is 0 Å². The molecule has 2 fully saturated rings. The molecule has 3 aliphatic heterocycles. The number of benzene rings is 2. The van der Waals surface area contributed by atoms with Crippen LogP contribution in [0.1, 0.15) is 45.1 Å². The molecular weight excluding hydrogens is 454 g/mol. The average molecular weight is 492 g/mol. The van der Waals surface area contributed by atoms with Gasteiger partial charge in [0.25, 0.3) is 0 Å². The minimum Gasteiger partial charge on any atom is -0.497 e. The number of ether oxygens (including phenoxy) is 2. The van der Waals surface area contributed by atoms with Crippen LogP contribution in [-0.4, -0.2) is 74.3 Å². The highest BCUT2D eigenvalue weighted by atomic mass is 16.6. The van der Waals surface area contributed by atoms with Crippen LogP contribution in [0.2, 0.25) is 0 Å². The smallest absolute Gasteiger partial charge is 0.409 e. The highest BCUT2D eigenvalue weighted by molar-refractivity contribution is 6.00. The second kappa shape index (κ2) is 10.1. The molecule has 0 atom stereocenters. The Morgan fingerprint density at radius 2 is 1.69 bits per heavy atom. The Balaban J connectivity index is 1.34. The van der Waals surface area contributed by atoms with Gasteiger partial charge in [0, 0.05) is 43.6 Å². The van der Waals surface area contributed by atoms with Gasteiger partial charge in [-0.1, -0.05) is 30.3 Å². The van der Waals surface area contributed by atoms with E-state index in [-0.39, 0.29) is 17.4 Å². The number of carbonyl (C=O) groups is 2. The number of hydrogen-bond acceptors (Lipinski definition) is 5. The molecule has 0 saturated carbocycles. The first-order valence-electron chi connectivity index (χ1n) is 13.2. The van der Waals surface area contributed by atoms with Gasteiger partial charge in [0.15, 0.2) is 0 Å². The van der Waals surface area contributed by atoms with Crippen molar-refractivity contribution in [1.82, 2.24) is 9.80 Å². The van der Waals surface area contributed by atoms with Gasteiger partial charge in [-0.05, 0) is 69.0 Å². The molecule has 0 N–H and O–H groups in total. The topological polar surface area (TPSA) is 62.3 Å². The molecule has 0 unspecified atom stereocenters. The number of para-hydroxylation sites is 1. The molecular formula is C29H37N3O4. The Morgan fingerprint density at radius 1 is 1.00 bits per heavy atom. The molecule has 7 heteroatoms. The molecule has 3 aliphatic rings. The van der Waals surface area contributed by atoms with E-state index >= 15 is 0 Å². The molecule has 2 saturated heterocycles. The summed E-state index contributed by atoms with van der Waals surface area (Å²) in [7, 11) is 1.67. The molecule has 7 nitrogen and oxygen atoms in total. The minimum absolute atomic E-state index is 0.00832. The van der Waals surface area contributed by atoms with Crippen molar-refractivity contribution in [3.05, 3.63) is 48.0 Å². The van der Waals surface area contributed by atoms with Crippen molar-refractivity contribution in [3.63, 3.8) is 0 Å². The van der Waals surface area contributed by atoms with Gasteiger partial charge in [0.1, 0.15) is 5.75 Å². The number of likely N-dealkylation sites (tertiary alicyclic amines) is 2. The van der Waals surface area contributed by atoms with E-state index in [1.165, 1.54) is 5.56 Å². The largest absolute Gasteiger partial charge is 0.497 e. The quantitative estimate of drug-likeness (QED) is 0.621. The van der Waals surface area contributed by atoms with Crippen LogP contribution in [0.3, 0.4) is 0 Å². The Kier molecular flexibility index (Phi) is 6.93. The van der Waals surface area contributed by atoms with Crippen LogP contribution < -0.4 is 9.64 Å². The summed E-state index contributed by atoms with van der Waals surface area (Å²) >= 11 is 0. The zero-order valence-corrected chi connectivity index (χ0v) is 21.7. The van der Waals surface area contributed by atoms with E-state index in [1.807, 2.05) is 28.9 Å². The van der Waals surface area contributed by atoms with E-state index in [1.54, 1.807) is 14.0 Å². The molecule has 2 aromatic rings. The maximum Gasteiger partial charge on any atom is 0.409 e. The van der Waals surface area contributed by atoms with Gasteiger partial charge >= 0.3 is 6.09 Å². The van der Waals surface area contributed by atoms with Crippen LogP contribution in [-0.2, 0) is 14.9 Å². The first-order valence-corrected chi connectivity index (χ1v) is 13.2. The molecule has 5 rings (SSSR count). The van der Waals surface area contributed by atoms with E-state index in [0.717, 1.165) is 81.0 Å². The highest BCUT2D eigenvalue weighted by Crippen LogP contribution is 2.51. The lowest BCUT2D eigenvalue weighted by Crippen LogP contribution is -2.52. The SMILES string of the molecule is CCOC(=O)N1CCC(N2CCC3(CC2)CN(C(C)=O)c2c(-c4ccc(OC)cc4)cccc23)CC1. The maximum atomic E-state index is 12.8. The van der Waals surface area contributed by atoms with Crippen molar-refractivity contribution in [2.24, 2.45) is 0 Å². The van der Waals surface area contributed by atoms with Crippen LogP contribution in [0.15, 0.2) is 42.5 Å². The number of anilines is 1. The Morgan fingerprint density at radius 3 is 2.31 bits per heavy atom. The number of rotatable bonds is 4. The fourth-order valence-electron chi connectivity index (χ4n) is 6.37. The molecule has 0 bridgehead atoms. The van der Waals surface area contributed by atoms with Gasteiger partial charge in [-0.3, -0.25) is 4.79 Å². The van der Waals surface area contributed by atoms with Crippen molar-refractivity contribution < 1.29 is 19.1 Å².